The molecule has 4 aliphatic carbocycles. The summed E-state index contributed by atoms with van der Waals surface area (Å²) < 4.78 is 313. The second kappa shape index (κ2) is 30.0. The maximum atomic E-state index is 16.0. The Hall–Kier alpha value is -8.49. The van der Waals surface area contributed by atoms with E-state index in [1.165, 1.54) is 42.7 Å². The van der Waals surface area contributed by atoms with Crippen LogP contribution in [-0.4, -0.2) is 142 Å². The van der Waals surface area contributed by atoms with Gasteiger partial charge >= 0.3 is 54.7 Å². The lowest BCUT2D eigenvalue weighted by molar-refractivity contribution is -0.288. The number of anilines is 4. The molecule has 18 nitrogen and oxygen atoms in total. The number of hydrogen-bond acceptors (Lipinski definition) is 16. The summed E-state index contributed by atoms with van der Waals surface area (Å²) in [5, 5.41) is -0.239. The third-order valence-electron chi connectivity index (χ3n) is 24.0. The molecule has 0 aromatic heterocycles. The highest BCUT2D eigenvalue weighted by Gasteiger charge is 2.73. The van der Waals surface area contributed by atoms with Gasteiger partial charge in [-0.25, -0.2) is 9.80 Å². The number of fused-ring (bicyclic) bond motifs is 12. The van der Waals surface area contributed by atoms with Gasteiger partial charge in [0.15, 0.2) is 0 Å². The lowest BCUT2D eigenvalue weighted by Gasteiger charge is -2.38. The van der Waals surface area contributed by atoms with Crippen molar-refractivity contribution in [2.75, 3.05) is 73.8 Å². The Morgan fingerprint density at radius 1 is 0.333 bits per heavy atom. The molecule has 6 aromatic rings. The molecule has 0 spiro atoms. The summed E-state index contributed by atoms with van der Waals surface area (Å²) in [6, 6.07) is 6.53. The number of alkyl halides is 18. The normalized spacial score (nSPS) is 23.6. The van der Waals surface area contributed by atoms with Crippen LogP contribution in [0, 0.1) is 47.3 Å². The lowest BCUT2D eigenvalue weighted by Crippen LogP contribution is -2.55. The maximum absolute atomic E-state index is 16.0. The van der Waals surface area contributed by atoms with Gasteiger partial charge in [-0.3, -0.25) is 48.2 Å². The fourth-order valence-corrected chi connectivity index (χ4v) is 25.8. The van der Waals surface area contributed by atoms with Crippen LogP contribution in [0.3, 0.4) is 0 Å². The Morgan fingerprint density at radius 3 is 0.872 bits per heavy atom. The number of carbonyl (C=O) groups excluding carboxylic acids is 8. The van der Waals surface area contributed by atoms with Crippen LogP contribution in [0.25, 0.3) is 22.3 Å². The first kappa shape index (κ1) is 84.9. The van der Waals surface area contributed by atoms with Crippen LogP contribution in [0.4, 0.5) is 102 Å². The number of carbonyl (C=O) groups is 8. The van der Waals surface area contributed by atoms with Gasteiger partial charge in [-0.15, -0.1) is 0 Å². The van der Waals surface area contributed by atoms with Crippen molar-refractivity contribution >= 4 is 111 Å². The van der Waals surface area contributed by atoms with Gasteiger partial charge in [-0.1, -0.05) is 36.4 Å². The summed E-state index contributed by atoms with van der Waals surface area (Å²) in [4.78, 5) is 114. The summed E-state index contributed by atoms with van der Waals surface area (Å²) in [6.45, 7) is 0. The molecule has 40 heteroatoms. The minimum atomic E-state index is -6.66. The first-order valence-corrected chi connectivity index (χ1v) is 42.1. The molecule has 624 valence electrons. The smallest absolute Gasteiger partial charge is 0.377 e. The van der Waals surface area contributed by atoms with E-state index in [4.69, 9.17) is 26.6 Å². The fourth-order valence-electron chi connectivity index (χ4n) is 18.8. The molecule has 6 aromatic carbocycles. The van der Waals surface area contributed by atoms with E-state index in [9.17, 15) is 38.4 Å². The Bertz CT molecular complexity index is 4780. The van der Waals surface area contributed by atoms with Crippen LogP contribution in [0.2, 0.25) is 12.1 Å². The number of halogens is 18. The van der Waals surface area contributed by atoms with Crippen molar-refractivity contribution < 1.29 is 144 Å². The summed E-state index contributed by atoms with van der Waals surface area (Å²) in [6.07, 6.45) is -32.6. The monoisotopic (exact) mass is 1730 g/mol. The zero-order valence-electron chi connectivity index (χ0n) is 61.9. The van der Waals surface area contributed by atoms with Crippen LogP contribution in [0.15, 0.2) is 109 Å². The molecular weight excluding hydrogens is 1670 g/mol. The highest BCUT2D eigenvalue weighted by molar-refractivity contribution is 8.00. The van der Waals surface area contributed by atoms with Gasteiger partial charge in [0.2, 0.25) is 29.0 Å². The van der Waals surface area contributed by atoms with E-state index in [0.717, 1.165) is 12.1 Å². The molecule has 8 amide bonds. The average molecular weight is 1730 g/mol. The second-order valence-electron chi connectivity index (χ2n) is 29.6. The van der Waals surface area contributed by atoms with Gasteiger partial charge in [0.1, 0.15) is 0 Å². The van der Waals surface area contributed by atoms with E-state index in [-0.39, 0.29) is 92.5 Å². The van der Waals surface area contributed by atoms with Gasteiger partial charge < -0.3 is 26.6 Å². The Kier molecular flexibility index (Phi) is 21.8. The minimum Gasteiger partial charge on any atom is -0.377 e. The molecule has 117 heavy (non-hydrogen) atoms. The Morgan fingerprint density at radius 2 is 0.598 bits per heavy atom. The van der Waals surface area contributed by atoms with Crippen LogP contribution >= 0.6 is 23.5 Å². The molecule has 0 N–H and O–H groups in total. The third kappa shape index (κ3) is 13.9. The zero-order chi connectivity index (χ0) is 85.0. The average Bonchev–Trinajstić information content (AvgIpc) is 1.02. The first-order chi connectivity index (χ1) is 54.8. The highest BCUT2D eigenvalue weighted by atomic mass is 32.2. The van der Waals surface area contributed by atoms with Crippen molar-refractivity contribution in [1.29, 1.82) is 0 Å². The molecule has 14 rings (SSSR count). The summed E-state index contributed by atoms with van der Waals surface area (Å²) in [5.41, 5.74) is -30.2. The number of nitrogens with zero attached hydrogens (tertiary/aromatic N) is 4. The molecule has 4 bridgehead atoms. The topological polar surface area (TPSA) is 205 Å². The molecule has 2 saturated heterocycles. The lowest BCUT2D eigenvalue weighted by atomic mass is 9.71. The largest absolute Gasteiger partial charge is 0.500 e. The van der Waals surface area contributed by atoms with E-state index in [2.05, 4.69) is 0 Å². The van der Waals surface area contributed by atoms with E-state index in [0.29, 0.717) is 120 Å². The first-order valence-electron chi connectivity index (χ1n) is 36.2. The Balaban J connectivity index is 0.722. The fraction of sp³-hybridized carbons (Fsp3) is 0.429. The highest BCUT2D eigenvalue weighted by Crippen LogP contribution is 2.63. The molecule has 0 radical (unpaired) electrons. The quantitative estimate of drug-likeness (QED) is 0.0239. The van der Waals surface area contributed by atoms with Crippen LogP contribution in [-0.2, 0) is 75.9 Å². The molecule has 8 aliphatic rings. The SMILES string of the molecule is CO[Si](CCCSC1CC2CC1C1C(=O)N(c3ccc(-c4ccc(N5C(=O)c6ccc(C(c7ccc8c(c7)C(=O)N(c7ccc(-c9ccc(N%10C(=O)C%11C%12CC(SCCC[Si](OC)(OC)OC)C(C%12)C%11C%10=O)cc9C(F)(F)F)c(C(F)(F)F)c7)C8=O)(C(F)(F)F)C(F)(F)F)cc6C5=O)cc4C(F)(F)F)c(C(F)(F)F)c3)C(=O)C21)(OC)OC. The Labute approximate surface area is 663 Å². The second-order valence-corrected chi connectivity index (χ2v) is 38.5. The van der Waals surface area contributed by atoms with E-state index >= 15 is 79.0 Å². The molecule has 10 atom stereocenters. The van der Waals surface area contributed by atoms with Crippen molar-refractivity contribution in [3.63, 3.8) is 0 Å². The van der Waals surface area contributed by atoms with Crippen LogP contribution < -0.4 is 19.6 Å². The van der Waals surface area contributed by atoms with Crippen molar-refractivity contribution in [1.82, 2.24) is 0 Å². The summed E-state index contributed by atoms with van der Waals surface area (Å²) in [7, 11) is 2.87. The number of benzene rings is 6. The van der Waals surface area contributed by atoms with Crippen molar-refractivity contribution in [3.05, 3.63) is 165 Å². The third-order valence-corrected chi connectivity index (χ3v) is 32.7. The van der Waals surface area contributed by atoms with Crippen molar-refractivity contribution in [3.8, 4) is 22.3 Å². The summed E-state index contributed by atoms with van der Waals surface area (Å²) in [5.74, 6) is -14.3. The zero-order valence-corrected chi connectivity index (χ0v) is 65.5. The summed E-state index contributed by atoms with van der Waals surface area (Å²) >= 11 is 3.09. The van der Waals surface area contributed by atoms with E-state index in [1.807, 2.05) is 0 Å². The predicted molar refractivity (Wildman–Crippen MR) is 388 cm³/mol. The molecule has 4 saturated carbocycles. The maximum Gasteiger partial charge on any atom is 0.500 e. The molecule has 10 unspecified atom stereocenters. The van der Waals surface area contributed by atoms with Crippen LogP contribution in [0.1, 0.15) is 113 Å². The molecule has 6 fully saturated rings. The number of thioether (sulfide) groups is 2. The van der Waals surface area contributed by atoms with Crippen molar-refractivity contribution in [2.45, 2.75) is 104 Å². The van der Waals surface area contributed by atoms with Gasteiger partial charge in [0, 0.05) is 65.2 Å². The van der Waals surface area contributed by atoms with Gasteiger partial charge in [-0.05, 0) is 180 Å². The number of rotatable bonds is 24. The van der Waals surface area contributed by atoms with E-state index < -0.39 is 232 Å². The van der Waals surface area contributed by atoms with Crippen LogP contribution in [0.5, 0.6) is 0 Å². The van der Waals surface area contributed by atoms with Gasteiger partial charge in [0.25, 0.3) is 23.6 Å². The molecule has 4 heterocycles. The standard InChI is InChI=1S/C77H66F18N4O14S2Si2/c1-108-116(109-2,110-3)23-7-21-114-57-27-35-25-51(57)61-59(35)67(104)98(69(61)106)41-13-19-45(55(33-41)74(84,85)86)43-17-11-39(31-53(43)72(78,79)80)96-63(100)47-15-9-37(29-49(47)65(96)102)71(76(90,91)92,77(93,94)95)38-10-16-48-50(30-38)66(103)97(64(48)101)40-12-18-44(54(32-40)73(81,82)83)46-20-14-42(34-56(46)75(87,88)89)99-68(105)60-36-26-52(62(60)70(99)107)58(28-36)115-22-8-24-117(111-4,112-5)113-6/h9-20,29-36,51-52,57-62H,7-8,21-28H2,1-6H3. The number of amides is 8. The number of imide groups is 4. The molecule has 4 aliphatic heterocycles. The van der Waals surface area contributed by atoms with Crippen molar-refractivity contribution in [2.24, 2.45) is 47.3 Å². The predicted octanol–water partition coefficient (Wildman–Crippen LogP) is 17.1. The number of hydrogen-bond donors (Lipinski definition) is 0. The minimum absolute atomic E-state index is 0.00750. The van der Waals surface area contributed by atoms with Gasteiger partial charge in [-0.2, -0.15) is 103 Å². The van der Waals surface area contributed by atoms with Gasteiger partial charge in [0.05, 0.1) is 90.9 Å². The van der Waals surface area contributed by atoms with E-state index in [1.54, 1.807) is 23.5 Å². The molecular formula is C77H66F18N4O14S2Si2.